The van der Waals surface area contributed by atoms with Crippen LogP contribution in [0.3, 0.4) is 0 Å². The number of hydrogen-bond donors (Lipinski definition) is 4. The molecule has 0 radical (unpaired) electrons. The summed E-state index contributed by atoms with van der Waals surface area (Å²) in [5.74, 6) is -3.83. The summed E-state index contributed by atoms with van der Waals surface area (Å²) < 4.78 is 5.10. The number of aryl methyl sites for hydroxylation is 1. The van der Waals surface area contributed by atoms with Crippen LogP contribution in [0, 0.1) is 0 Å². The van der Waals surface area contributed by atoms with Gasteiger partial charge in [-0.15, -0.1) is 6.58 Å². The fourth-order valence-electron chi connectivity index (χ4n) is 3.15. The van der Waals surface area contributed by atoms with Crippen LogP contribution in [0.15, 0.2) is 18.9 Å². The van der Waals surface area contributed by atoms with Gasteiger partial charge in [0, 0.05) is 25.2 Å². The maximum atomic E-state index is 11.3. The molecule has 0 aliphatic heterocycles. The van der Waals surface area contributed by atoms with Crippen molar-refractivity contribution in [2.75, 3.05) is 13.1 Å². The molecule has 1 aromatic rings. The first kappa shape index (κ1) is 27.1. The van der Waals surface area contributed by atoms with E-state index in [1.807, 2.05) is 12.3 Å². The van der Waals surface area contributed by atoms with Crippen molar-refractivity contribution in [1.29, 1.82) is 0 Å². The van der Waals surface area contributed by atoms with E-state index in [-0.39, 0.29) is 12.0 Å². The maximum absolute atomic E-state index is 11.3. The van der Waals surface area contributed by atoms with E-state index in [4.69, 9.17) is 25.2 Å². The summed E-state index contributed by atoms with van der Waals surface area (Å²) in [4.78, 5) is 41.9. The van der Waals surface area contributed by atoms with Crippen molar-refractivity contribution >= 4 is 17.9 Å². The molecule has 3 unspecified atom stereocenters. The lowest BCUT2D eigenvalue weighted by Crippen LogP contribution is -2.40. The van der Waals surface area contributed by atoms with Gasteiger partial charge < -0.3 is 25.2 Å². The zero-order valence-electron chi connectivity index (χ0n) is 18.3. The van der Waals surface area contributed by atoms with Gasteiger partial charge in [-0.25, -0.2) is 14.6 Å². The number of esters is 1. The summed E-state index contributed by atoms with van der Waals surface area (Å²) >= 11 is 0. The zero-order valence-corrected chi connectivity index (χ0v) is 18.3. The number of aromatic nitrogens is 2. The lowest BCUT2D eigenvalue weighted by Gasteiger charge is -2.33. The molecule has 0 amide bonds. The van der Waals surface area contributed by atoms with Crippen LogP contribution in [-0.2, 0) is 27.2 Å². The quantitative estimate of drug-likeness (QED) is 0.286. The van der Waals surface area contributed by atoms with Gasteiger partial charge in [0.05, 0.1) is 5.69 Å². The van der Waals surface area contributed by atoms with Crippen molar-refractivity contribution in [2.24, 2.45) is 0 Å². The van der Waals surface area contributed by atoms with E-state index < -0.39 is 24.1 Å². The van der Waals surface area contributed by atoms with Gasteiger partial charge in [-0.1, -0.05) is 19.9 Å². The highest BCUT2D eigenvalue weighted by atomic mass is 16.5. The third-order valence-corrected chi connectivity index (χ3v) is 4.79. The van der Waals surface area contributed by atoms with Crippen LogP contribution >= 0.6 is 0 Å². The van der Waals surface area contributed by atoms with Crippen molar-refractivity contribution in [3.8, 4) is 6.01 Å². The standard InChI is InChI=1S/C17H25N3O2.C4H6O6/c1-4-9-20(10-5-2)14-7-8-15-13(11-14)12-18-17(19-15)22-16(21)6-3;5-1(3(7)8)2(6)4(9)10/h4,12,14H,1,5-11H2,2-3H3;1-2,5-6H,(H,7,8)(H,9,10). The van der Waals surface area contributed by atoms with Crippen molar-refractivity contribution < 1.29 is 39.5 Å². The molecular formula is C21H31N3O8. The number of carbonyl (C=O) groups is 3. The maximum Gasteiger partial charge on any atom is 0.335 e. The minimum absolute atomic E-state index is 0.181. The van der Waals surface area contributed by atoms with Gasteiger partial charge in [0.25, 0.3) is 0 Å². The molecule has 0 fully saturated rings. The fourth-order valence-corrected chi connectivity index (χ4v) is 3.15. The van der Waals surface area contributed by atoms with Gasteiger partial charge in [-0.3, -0.25) is 9.69 Å². The Morgan fingerprint density at radius 3 is 2.38 bits per heavy atom. The molecule has 2 rings (SSSR count). The van der Waals surface area contributed by atoms with Gasteiger partial charge >= 0.3 is 23.9 Å². The van der Waals surface area contributed by atoms with Gasteiger partial charge in [-0.05, 0) is 37.8 Å². The first-order chi connectivity index (χ1) is 15.1. The topological polar surface area (TPSA) is 170 Å². The lowest BCUT2D eigenvalue weighted by atomic mass is 9.91. The largest absolute Gasteiger partial charge is 0.479 e. The average Bonchev–Trinajstić information content (AvgIpc) is 2.77. The molecule has 0 bridgehead atoms. The molecule has 1 heterocycles. The van der Waals surface area contributed by atoms with Crippen molar-refractivity contribution in [2.45, 2.75) is 64.2 Å². The molecule has 178 valence electrons. The molecule has 0 saturated carbocycles. The average molecular weight is 453 g/mol. The number of fused-ring (bicyclic) bond motifs is 1. The smallest absolute Gasteiger partial charge is 0.335 e. The SMILES string of the molecule is C=CCN(CCC)C1CCc2nc(OC(=O)CC)ncc2C1.O=C(O)C(O)C(O)C(=O)O. The van der Waals surface area contributed by atoms with E-state index in [0.29, 0.717) is 12.5 Å². The highest BCUT2D eigenvalue weighted by Crippen LogP contribution is 2.24. The Balaban J connectivity index is 0.000000433. The molecule has 1 aliphatic rings. The second kappa shape index (κ2) is 13.5. The number of nitrogens with zero attached hydrogens (tertiary/aromatic N) is 3. The number of aliphatic carboxylic acids is 2. The first-order valence-corrected chi connectivity index (χ1v) is 10.4. The number of carbonyl (C=O) groups excluding carboxylic acids is 1. The van der Waals surface area contributed by atoms with Crippen molar-refractivity contribution in [3.63, 3.8) is 0 Å². The molecule has 1 aliphatic carbocycles. The van der Waals surface area contributed by atoms with Crippen LogP contribution in [0.4, 0.5) is 0 Å². The van der Waals surface area contributed by atoms with Crippen LogP contribution in [0.1, 0.15) is 44.4 Å². The second-order valence-electron chi connectivity index (χ2n) is 7.20. The number of aliphatic hydroxyl groups is 2. The van der Waals surface area contributed by atoms with Crippen LogP contribution in [0.2, 0.25) is 0 Å². The predicted molar refractivity (Wildman–Crippen MR) is 113 cm³/mol. The highest BCUT2D eigenvalue weighted by molar-refractivity contribution is 5.83. The number of ether oxygens (including phenoxy) is 1. The highest BCUT2D eigenvalue weighted by Gasteiger charge is 2.29. The molecule has 0 aromatic carbocycles. The first-order valence-electron chi connectivity index (χ1n) is 10.4. The Bertz CT molecular complexity index is 783. The van der Waals surface area contributed by atoms with Crippen molar-refractivity contribution in [1.82, 2.24) is 14.9 Å². The number of aliphatic hydroxyl groups excluding tert-OH is 2. The third kappa shape index (κ3) is 8.33. The lowest BCUT2D eigenvalue weighted by molar-refractivity contribution is -0.165. The Kier molecular flexibility index (Phi) is 11.5. The van der Waals surface area contributed by atoms with Crippen molar-refractivity contribution in [3.05, 3.63) is 30.1 Å². The molecule has 3 atom stereocenters. The van der Waals surface area contributed by atoms with E-state index in [2.05, 4.69) is 28.4 Å². The summed E-state index contributed by atoms with van der Waals surface area (Å²) in [5.41, 5.74) is 2.18. The number of carboxylic acids is 2. The van der Waals surface area contributed by atoms with E-state index in [0.717, 1.165) is 50.0 Å². The molecule has 1 aromatic heterocycles. The van der Waals surface area contributed by atoms with Gasteiger partial charge in [-0.2, -0.15) is 4.98 Å². The van der Waals surface area contributed by atoms with Gasteiger partial charge in [0.2, 0.25) is 0 Å². The summed E-state index contributed by atoms with van der Waals surface area (Å²) in [6.07, 6.45) is 3.63. The molecule has 4 N–H and O–H groups in total. The van der Waals surface area contributed by atoms with Crippen LogP contribution in [-0.4, -0.2) is 84.5 Å². The Labute approximate surface area is 186 Å². The minimum atomic E-state index is -2.27. The Morgan fingerprint density at radius 2 is 1.88 bits per heavy atom. The van der Waals surface area contributed by atoms with Crippen LogP contribution in [0.25, 0.3) is 0 Å². The molecule has 0 spiro atoms. The fraction of sp³-hybridized carbons (Fsp3) is 0.571. The monoisotopic (exact) mass is 453 g/mol. The molecule has 0 saturated heterocycles. The molecular weight excluding hydrogens is 422 g/mol. The van der Waals surface area contributed by atoms with Gasteiger partial charge in [0.1, 0.15) is 0 Å². The molecule has 11 heteroatoms. The molecule has 11 nitrogen and oxygen atoms in total. The summed E-state index contributed by atoms with van der Waals surface area (Å²) in [6, 6.07) is 0.693. The van der Waals surface area contributed by atoms with Crippen LogP contribution in [0.5, 0.6) is 6.01 Å². The zero-order chi connectivity index (χ0) is 24.3. The van der Waals surface area contributed by atoms with E-state index in [1.165, 1.54) is 0 Å². The molecule has 32 heavy (non-hydrogen) atoms. The van der Waals surface area contributed by atoms with Gasteiger partial charge in [0.15, 0.2) is 12.2 Å². The summed E-state index contributed by atoms with van der Waals surface area (Å²) in [6.45, 7) is 9.81. The van der Waals surface area contributed by atoms with E-state index in [1.54, 1.807) is 6.92 Å². The predicted octanol–water partition coefficient (Wildman–Crippen LogP) is 0.425. The number of carboxylic acid groups (broad SMARTS) is 2. The van der Waals surface area contributed by atoms with Crippen LogP contribution < -0.4 is 4.74 Å². The normalized spacial score (nSPS) is 16.7. The summed E-state index contributed by atoms with van der Waals surface area (Å²) in [5, 5.41) is 32.5. The third-order valence-electron chi connectivity index (χ3n) is 4.79. The van der Waals surface area contributed by atoms with E-state index >= 15 is 0 Å². The summed E-state index contributed by atoms with van der Waals surface area (Å²) in [7, 11) is 0. The minimum Gasteiger partial charge on any atom is -0.479 e. The Hall–Kier alpha value is -2.89. The Morgan fingerprint density at radius 1 is 1.25 bits per heavy atom. The number of rotatable bonds is 10. The number of hydrogen-bond acceptors (Lipinski definition) is 9. The van der Waals surface area contributed by atoms with E-state index in [9.17, 15) is 14.4 Å². The second-order valence-corrected chi connectivity index (χ2v) is 7.20.